The van der Waals surface area contributed by atoms with Crippen LogP contribution in [0, 0.1) is 0 Å². The van der Waals surface area contributed by atoms with Gasteiger partial charge in [0.2, 0.25) is 0 Å². The molecule has 1 atom stereocenters. The minimum Gasteiger partial charge on any atom is -0.508 e. The molecule has 0 saturated heterocycles. The minimum absolute atomic E-state index is 0.258. The molecule has 0 fully saturated rings. The fourth-order valence-electron chi connectivity index (χ4n) is 2.36. The zero-order valence-corrected chi connectivity index (χ0v) is 12.9. The van der Waals surface area contributed by atoms with Crippen LogP contribution in [0.25, 0.3) is 0 Å². The van der Waals surface area contributed by atoms with Crippen LogP contribution in [0.15, 0.2) is 18.2 Å². The Hall–Kier alpha value is -0.770. The van der Waals surface area contributed by atoms with E-state index in [9.17, 15) is 5.11 Å². The molecule has 108 valence electrons. The van der Waals surface area contributed by atoms with Crippen molar-refractivity contribution in [1.29, 1.82) is 0 Å². The Labute approximate surface area is 121 Å². The molecule has 3 N–H and O–H groups in total. The van der Waals surface area contributed by atoms with E-state index in [1.165, 1.54) is 0 Å². The molecule has 1 aromatic carbocycles. The fourth-order valence-corrected chi connectivity index (χ4v) is 2.55. The summed E-state index contributed by atoms with van der Waals surface area (Å²) in [6, 6.07) is 5.10. The first-order valence-electron chi connectivity index (χ1n) is 6.92. The van der Waals surface area contributed by atoms with Crippen LogP contribution in [0.2, 0.25) is 5.02 Å². The number of phenols is 1. The molecule has 0 amide bonds. The van der Waals surface area contributed by atoms with Gasteiger partial charge in [0.05, 0.1) is 5.66 Å². The molecule has 0 saturated carbocycles. The normalized spacial score (nSPS) is 14.6. The molecular formula is C15H25ClN2O. The summed E-state index contributed by atoms with van der Waals surface area (Å²) in [5.74, 6) is 0.258. The van der Waals surface area contributed by atoms with Crippen molar-refractivity contribution in [3.8, 4) is 5.75 Å². The number of nitrogens with two attached hydrogens (primary N) is 1. The SMILES string of the molecule is CCCN(CCC)C(C)(N)Cc1cc(Cl)ccc1O. The van der Waals surface area contributed by atoms with Crippen LogP contribution in [0.1, 0.15) is 39.2 Å². The summed E-state index contributed by atoms with van der Waals surface area (Å²) in [5.41, 5.74) is 6.78. The van der Waals surface area contributed by atoms with Crippen LogP contribution >= 0.6 is 11.6 Å². The van der Waals surface area contributed by atoms with E-state index in [0.717, 1.165) is 31.5 Å². The van der Waals surface area contributed by atoms with Gasteiger partial charge in [-0.15, -0.1) is 0 Å². The number of halogens is 1. The first-order chi connectivity index (χ1) is 8.90. The first-order valence-corrected chi connectivity index (χ1v) is 7.29. The highest BCUT2D eigenvalue weighted by molar-refractivity contribution is 6.30. The second-order valence-electron chi connectivity index (χ2n) is 5.29. The molecule has 0 aromatic heterocycles. The van der Waals surface area contributed by atoms with Crippen molar-refractivity contribution in [2.24, 2.45) is 5.73 Å². The topological polar surface area (TPSA) is 49.5 Å². The quantitative estimate of drug-likeness (QED) is 0.755. The van der Waals surface area contributed by atoms with Gasteiger partial charge in [-0.25, -0.2) is 0 Å². The molecule has 0 aliphatic heterocycles. The van der Waals surface area contributed by atoms with E-state index in [2.05, 4.69) is 18.7 Å². The van der Waals surface area contributed by atoms with Gasteiger partial charge in [-0.2, -0.15) is 0 Å². The van der Waals surface area contributed by atoms with Crippen molar-refractivity contribution >= 4 is 11.6 Å². The van der Waals surface area contributed by atoms with Crippen LogP contribution in [-0.4, -0.2) is 28.8 Å². The molecule has 19 heavy (non-hydrogen) atoms. The van der Waals surface area contributed by atoms with Crippen molar-refractivity contribution in [3.63, 3.8) is 0 Å². The molecule has 1 aromatic rings. The highest BCUT2D eigenvalue weighted by Gasteiger charge is 2.27. The molecule has 1 rings (SSSR count). The maximum Gasteiger partial charge on any atom is 0.118 e. The van der Waals surface area contributed by atoms with Gasteiger partial charge in [-0.3, -0.25) is 4.90 Å². The molecular weight excluding hydrogens is 260 g/mol. The summed E-state index contributed by atoms with van der Waals surface area (Å²) in [6.45, 7) is 8.23. The van der Waals surface area contributed by atoms with E-state index in [-0.39, 0.29) is 5.75 Å². The number of hydrogen-bond acceptors (Lipinski definition) is 3. The number of hydrogen-bond donors (Lipinski definition) is 2. The van der Waals surface area contributed by atoms with E-state index in [1.807, 2.05) is 6.92 Å². The molecule has 0 radical (unpaired) electrons. The Bertz CT molecular complexity index is 401. The number of benzene rings is 1. The second-order valence-corrected chi connectivity index (χ2v) is 5.73. The van der Waals surface area contributed by atoms with Crippen LogP contribution in [-0.2, 0) is 6.42 Å². The second kappa shape index (κ2) is 7.13. The highest BCUT2D eigenvalue weighted by atomic mass is 35.5. The zero-order chi connectivity index (χ0) is 14.5. The minimum atomic E-state index is -0.478. The molecule has 0 spiro atoms. The Morgan fingerprint density at radius 1 is 1.26 bits per heavy atom. The van der Waals surface area contributed by atoms with Crippen LogP contribution < -0.4 is 5.73 Å². The maximum absolute atomic E-state index is 9.91. The van der Waals surface area contributed by atoms with Crippen LogP contribution in [0.5, 0.6) is 5.75 Å². The number of rotatable bonds is 7. The van der Waals surface area contributed by atoms with Gasteiger partial charge in [0.25, 0.3) is 0 Å². The number of nitrogens with zero attached hydrogens (tertiary/aromatic N) is 1. The Morgan fingerprint density at radius 3 is 2.37 bits per heavy atom. The Morgan fingerprint density at radius 2 is 1.84 bits per heavy atom. The smallest absolute Gasteiger partial charge is 0.118 e. The zero-order valence-electron chi connectivity index (χ0n) is 12.1. The molecule has 0 aliphatic rings. The molecule has 3 nitrogen and oxygen atoms in total. The highest BCUT2D eigenvalue weighted by Crippen LogP contribution is 2.26. The van der Waals surface area contributed by atoms with Gasteiger partial charge in [-0.05, 0) is 56.6 Å². The summed E-state index contributed by atoms with van der Waals surface area (Å²) in [4.78, 5) is 2.27. The average Bonchev–Trinajstić information content (AvgIpc) is 2.33. The van der Waals surface area contributed by atoms with Crippen molar-refractivity contribution in [2.45, 2.75) is 45.7 Å². The van der Waals surface area contributed by atoms with Gasteiger partial charge in [0, 0.05) is 11.4 Å². The lowest BCUT2D eigenvalue weighted by molar-refractivity contribution is 0.108. The molecule has 0 bridgehead atoms. The maximum atomic E-state index is 9.91. The predicted octanol–water partition coefficient (Wildman–Crippen LogP) is 3.39. The lowest BCUT2D eigenvalue weighted by Crippen LogP contribution is -2.55. The largest absolute Gasteiger partial charge is 0.508 e. The van der Waals surface area contributed by atoms with Crippen LogP contribution in [0.4, 0.5) is 0 Å². The summed E-state index contributed by atoms with van der Waals surface area (Å²) in [7, 11) is 0. The fraction of sp³-hybridized carbons (Fsp3) is 0.600. The summed E-state index contributed by atoms with van der Waals surface area (Å²) >= 11 is 5.98. The third-order valence-corrected chi connectivity index (χ3v) is 3.53. The van der Waals surface area contributed by atoms with Gasteiger partial charge in [0.15, 0.2) is 0 Å². The van der Waals surface area contributed by atoms with E-state index in [4.69, 9.17) is 17.3 Å². The monoisotopic (exact) mass is 284 g/mol. The Balaban J connectivity index is 2.89. The lowest BCUT2D eigenvalue weighted by atomic mass is 9.99. The van der Waals surface area contributed by atoms with Crippen molar-refractivity contribution < 1.29 is 5.11 Å². The van der Waals surface area contributed by atoms with Crippen LogP contribution in [0.3, 0.4) is 0 Å². The first kappa shape index (κ1) is 16.3. The Kier molecular flexibility index (Phi) is 6.11. The molecule has 4 heteroatoms. The number of phenolic OH excluding ortho intramolecular Hbond substituents is 1. The van der Waals surface area contributed by atoms with Crippen molar-refractivity contribution in [1.82, 2.24) is 4.90 Å². The van der Waals surface area contributed by atoms with Crippen molar-refractivity contribution in [3.05, 3.63) is 28.8 Å². The van der Waals surface area contributed by atoms with Gasteiger partial charge in [0.1, 0.15) is 5.75 Å². The van der Waals surface area contributed by atoms with E-state index in [1.54, 1.807) is 18.2 Å². The van der Waals surface area contributed by atoms with E-state index >= 15 is 0 Å². The van der Waals surface area contributed by atoms with Gasteiger partial charge >= 0.3 is 0 Å². The van der Waals surface area contributed by atoms with Crippen molar-refractivity contribution in [2.75, 3.05) is 13.1 Å². The van der Waals surface area contributed by atoms with E-state index < -0.39 is 5.66 Å². The number of aromatic hydroxyl groups is 1. The van der Waals surface area contributed by atoms with Gasteiger partial charge < -0.3 is 10.8 Å². The standard InChI is InChI=1S/C15H25ClN2O/c1-4-8-18(9-5-2)15(3,17)11-12-10-13(16)6-7-14(12)19/h6-7,10,19H,4-5,8-9,11,17H2,1-3H3. The summed E-state index contributed by atoms with van der Waals surface area (Å²) in [6.07, 6.45) is 2.71. The molecule has 0 aliphatic carbocycles. The van der Waals surface area contributed by atoms with Gasteiger partial charge in [-0.1, -0.05) is 25.4 Å². The van der Waals surface area contributed by atoms with E-state index in [0.29, 0.717) is 11.4 Å². The summed E-state index contributed by atoms with van der Waals surface area (Å²) in [5, 5.41) is 10.5. The lowest BCUT2D eigenvalue weighted by Gasteiger charge is -2.38. The third kappa shape index (κ3) is 4.68. The average molecular weight is 285 g/mol. The predicted molar refractivity (Wildman–Crippen MR) is 81.6 cm³/mol. The molecule has 1 unspecified atom stereocenters. The summed E-state index contributed by atoms with van der Waals surface area (Å²) < 4.78 is 0. The third-order valence-electron chi connectivity index (χ3n) is 3.30. The molecule has 0 heterocycles.